The quantitative estimate of drug-likeness (QED) is 0.590. The Labute approximate surface area is 176 Å². The van der Waals surface area contributed by atoms with Crippen LogP contribution in [0, 0.1) is 16.7 Å². The Balaban J connectivity index is 1.45. The number of ether oxygens (including phenoxy) is 1. The van der Waals surface area contributed by atoms with Gasteiger partial charge in [-0.2, -0.15) is 5.26 Å². The first-order valence-corrected chi connectivity index (χ1v) is 10.5. The lowest BCUT2D eigenvalue weighted by Gasteiger charge is -2.08. The number of nitrogens with zero attached hydrogens (tertiary/aromatic N) is 2. The van der Waals surface area contributed by atoms with Crippen molar-refractivity contribution in [3.8, 4) is 11.8 Å². The largest absolute Gasteiger partial charge is 0.489 e. The molecule has 0 radical (unpaired) electrons. The molecule has 142 valence electrons. The van der Waals surface area contributed by atoms with Gasteiger partial charge in [0.1, 0.15) is 23.3 Å². The van der Waals surface area contributed by atoms with Crippen LogP contribution < -0.4 is 4.74 Å². The normalized spacial score (nSPS) is 17.5. The van der Waals surface area contributed by atoms with Gasteiger partial charge in [0.2, 0.25) is 0 Å². The zero-order valence-electron chi connectivity index (χ0n) is 15.2. The number of nitriles is 1. The minimum atomic E-state index is -0.575. The van der Waals surface area contributed by atoms with E-state index in [1.165, 1.54) is 23.1 Å². The maximum absolute atomic E-state index is 12.7. The molecule has 0 aliphatic carbocycles. The molecule has 1 aromatic heterocycles. The van der Waals surface area contributed by atoms with Gasteiger partial charge in [-0.3, -0.25) is 10.2 Å². The second-order valence-electron chi connectivity index (χ2n) is 6.27. The summed E-state index contributed by atoms with van der Waals surface area (Å²) in [5, 5.41) is 20.1. The van der Waals surface area contributed by atoms with Crippen LogP contribution in [0.5, 0.6) is 5.75 Å². The molecular formula is C22H15N3O2S2. The molecule has 1 aliphatic heterocycles. The molecular weight excluding hydrogens is 402 g/mol. The van der Waals surface area contributed by atoms with Crippen molar-refractivity contribution >= 4 is 40.0 Å². The van der Waals surface area contributed by atoms with E-state index < -0.39 is 5.92 Å². The van der Waals surface area contributed by atoms with Crippen LogP contribution in [-0.2, 0) is 11.4 Å². The molecule has 1 saturated heterocycles. The van der Waals surface area contributed by atoms with E-state index in [1.54, 1.807) is 18.3 Å². The van der Waals surface area contributed by atoms with E-state index in [4.69, 9.17) is 15.4 Å². The molecule has 0 spiro atoms. The second kappa shape index (κ2) is 8.43. The van der Waals surface area contributed by atoms with E-state index in [0.717, 1.165) is 11.1 Å². The number of Topliss-reactive ketones (excluding diaryl/α,β-unsaturated/α-hetero) is 1. The molecule has 3 aromatic rings. The van der Waals surface area contributed by atoms with E-state index in [-0.39, 0.29) is 5.78 Å². The van der Waals surface area contributed by atoms with Gasteiger partial charge in [0, 0.05) is 17.1 Å². The second-order valence-corrected chi connectivity index (χ2v) is 8.28. The van der Waals surface area contributed by atoms with Crippen LogP contribution in [0.3, 0.4) is 0 Å². The van der Waals surface area contributed by atoms with Gasteiger partial charge in [-0.25, -0.2) is 4.98 Å². The van der Waals surface area contributed by atoms with E-state index >= 15 is 0 Å². The highest BCUT2D eigenvalue weighted by Crippen LogP contribution is 2.41. The van der Waals surface area contributed by atoms with Gasteiger partial charge >= 0.3 is 0 Å². The van der Waals surface area contributed by atoms with Crippen molar-refractivity contribution in [2.24, 2.45) is 0 Å². The van der Waals surface area contributed by atoms with Crippen LogP contribution in [-0.4, -0.2) is 15.8 Å². The molecule has 0 amide bonds. The Hall–Kier alpha value is -3.21. The van der Waals surface area contributed by atoms with Crippen LogP contribution in [0.1, 0.15) is 27.6 Å². The maximum atomic E-state index is 12.7. The number of allylic oxidation sites excluding steroid dienone is 1. The van der Waals surface area contributed by atoms with Crippen molar-refractivity contribution in [2.75, 3.05) is 0 Å². The smallest absolute Gasteiger partial charge is 0.186 e. The summed E-state index contributed by atoms with van der Waals surface area (Å²) < 4.78 is 5.78. The predicted octanol–water partition coefficient (Wildman–Crippen LogP) is 5.01. The highest BCUT2D eigenvalue weighted by molar-refractivity contribution is 8.19. The third-order valence-corrected chi connectivity index (χ3v) is 6.23. The average Bonchev–Trinajstić information content (AvgIpc) is 3.35. The molecule has 1 N–H and O–H groups in total. The van der Waals surface area contributed by atoms with Crippen molar-refractivity contribution in [2.45, 2.75) is 12.5 Å². The Kier molecular flexibility index (Phi) is 5.56. The van der Waals surface area contributed by atoms with Gasteiger partial charge in [0.15, 0.2) is 5.78 Å². The van der Waals surface area contributed by atoms with Gasteiger partial charge < -0.3 is 4.74 Å². The SMILES string of the molecule is N#Cc1ccccc1COc1ccc(/C=C2\SC(=N)[C@H](c3nccs3)C2=O)cc1. The van der Waals surface area contributed by atoms with Crippen LogP contribution in [0.4, 0.5) is 0 Å². The molecule has 1 atom stereocenters. The van der Waals surface area contributed by atoms with E-state index in [9.17, 15) is 4.79 Å². The molecule has 1 aliphatic rings. The van der Waals surface area contributed by atoms with E-state index in [1.807, 2.05) is 47.8 Å². The minimum absolute atomic E-state index is 0.0802. The van der Waals surface area contributed by atoms with Crippen molar-refractivity contribution in [1.82, 2.24) is 4.98 Å². The minimum Gasteiger partial charge on any atom is -0.489 e. The number of nitrogens with one attached hydrogen (secondary N) is 1. The monoisotopic (exact) mass is 417 g/mol. The fraction of sp³-hybridized carbons (Fsp3) is 0.0909. The standard InChI is InChI=1S/C22H15N3O2S2/c23-12-15-3-1-2-4-16(15)13-27-17-7-5-14(6-8-17)11-18-20(26)19(21(24)29-18)22-25-9-10-28-22/h1-11,19,24H,13H2/b18-11-,24-21?/t19-/m1/s1. The first-order valence-electron chi connectivity index (χ1n) is 8.78. The molecule has 2 aromatic carbocycles. The summed E-state index contributed by atoms with van der Waals surface area (Å²) >= 11 is 2.58. The number of hydrogen-bond acceptors (Lipinski definition) is 7. The molecule has 0 unspecified atom stereocenters. The number of carbonyl (C=O) groups excluding carboxylic acids is 1. The Morgan fingerprint density at radius 3 is 2.72 bits per heavy atom. The highest BCUT2D eigenvalue weighted by Gasteiger charge is 2.38. The van der Waals surface area contributed by atoms with Crippen molar-refractivity contribution in [1.29, 1.82) is 10.7 Å². The van der Waals surface area contributed by atoms with Gasteiger partial charge in [0.25, 0.3) is 0 Å². The molecule has 1 fully saturated rings. The summed E-state index contributed by atoms with van der Waals surface area (Å²) in [6.07, 6.45) is 3.45. The number of carbonyl (C=O) groups is 1. The first-order chi connectivity index (χ1) is 14.2. The summed E-state index contributed by atoms with van der Waals surface area (Å²) in [5.74, 6) is 0.0242. The summed E-state index contributed by atoms with van der Waals surface area (Å²) in [6, 6.07) is 16.9. The molecule has 0 bridgehead atoms. The average molecular weight is 418 g/mol. The van der Waals surface area contributed by atoms with Gasteiger partial charge in [-0.1, -0.05) is 42.1 Å². The Morgan fingerprint density at radius 1 is 1.21 bits per heavy atom. The number of benzene rings is 2. The molecule has 29 heavy (non-hydrogen) atoms. The number of rotatable bonds is 5. The fourth-order valence-electron chi connectivity index (χ4n) is 2.92. The zero-order chi connectivity index (χ0) is 20.2. The molecule has 7 heteroatoms. The van der Waals surface area contributed by atoms with Crippen molar-refractivity contribution in [3.63, 3.8) is 0 Å². The topological polar surface area (TPSA) is 86.8 Å². The van der Waals surface area contributed by atoms with Gasteiger partial charge in [-0.05, 0) is 29.8 Å². The van der Waals surface area contributed by atoms with Gasteiger partial charge in [0.05, 0.1) is 21.6 Å². The summed E-state index contributed by atoms with van der Waals surface area (Å²) in [7, 11) is 0. The number of aromatic nitrogens is 1. The van der Waals surface area contributed by atoms with Crippen LogP contribution >= 0.6 is 23.1 Å². The summed E-state index contributed by atoms with van der Waals surface area (Å²) in [5.41, 5.74) is 2.29. The van der Waals surface area contributed by atoms with E-state index in [0.29, 0.717) is 32.9 Å². The van der Waals surface area contributed by atoms with E-state index in [2.05, 4.69) is 11.1 Å². The summed E-state index contributed by atoms with van der Waals surface area (Å²) in [4.78, 5) is 17.4. The fourth-order valence-corrected chi connectivity index (χ4v) is 4.72. The lowest BCUT2D eigenvalue weighted by atomic mass is 10.1. The van der Waals surface area contributed by atoms with Crippen LogP contribution in [0.25, 0.3) is 6.08 Å². The third-order valence-electron chi connectivity index (χ3n) is 4.40. The molecule has 0 saturated carbocycles. The van der Waals surface area contributed by atoms with Crippen molar-refractivity contribution in [3.05, 3.63) is 86.7 Å². The van der Waals surface area contributed by atoms with Crippen LogP contribution in [0.2, 0.25) is 0 Å². The number of thiazole rings is 1. The molecule has 2 heterocycles. The Bertz CT molecular complexity index is 1130. The number of ketones is 1. The lowest BCUT2D eigenvalue weighted by Crippen LogP contribution is -2.11. The molecule has 5 nitrogen and oxygen atoms in total. The lowest BCUT2D eigenvalue weighted by molar-refractivity contribution is -0.114. The van der Waals surface area contributed by atoms with Crippen molar-refractivity contribution < 1.29 is 9.53 Å². The summed E-state index contributed by atoms with van der Waals surface area (Å²) in [6.45, 7) is 0.311. The highest BCUT2D eigenvalue weighted by atomic mass is 32.2. The predicted molar refractivity (Wildman–Crippen MR) is 115 cm³/mol. The maximum Gasteiger partial charge on any atom is 0.186 e. The number of thioether (sulfide) groups is 1. The zero-order valence-corrected chi connectivity index (χ0v) is 16.8. The Morgan fingerprint density at radius 2 is 2.00 bits per heavy atom. The van der Waals surface area contributed by atoms with Crippen LogP contribution in [0.15, 0.2) is 65.0 Å². The number of hydrogen-bond donors (Lipinski definition) is 1. The molecule has 4 rings (SSSR count). The van der Waals surface area contributed by atoms with Gasteiger partial charge in [-0.15, -0.1) is 11.3 Å². The first kappa shape index (κ1) is 19.1. The third kappa shape index (κ3) is 4.14.